The van der Waals surface area contributed by atoms with Gasteiger partial charge in [-0.3, -0.25) is 4.68 Å². The largest absolute Gasteiger partial charge is 0.399 e. The first-order valence-corrected chi connectivity index (χ1v) is 12.6. The lowest BCUT2D eigenvalue weighted by molar-refractivity contribution is 0.435. The number of hydrogen-bond donors (Lipinski definition) is 3. The predicted molar refractivity (Wildman–Crippen MR) is 147 cm³/mol. The van der Waals surface area contributed by atoms with Crippen molar-refractivity contribution in [1.29, 1.82) is 0 Å². The number of aromatic nitrogens is 3. The number of rotatable bonds is 12. The van der Waals surface area contributed by atoms with E-state index in [1.807, 2.05) is 31.1 Å². The minimum atomic E-state index is -0.447. The zero-order chi connectivity index (χ0) is 25.7. The van der Waals surface area contributed by atoms with Crippen molar-refractivity contribution in [2.45, 2.75) is 66.0 Å². The SMILES string of the molecule is C=C(N)c1cc(F)c(NC(C)C(CC)CC)nc1Nc1ccc2c(c1)c(N(C)C)nn2CCCC. The molecule has 0 bridgehead atoms. The van der Waals surface area contributed by atoms with E-state index in [0.717, 1.165) is 54.6 Å². The highest BCUT2D eigenvalue weighted by molar-refractivity contribution is 5.93. The van der Waals surface area contributed by atoms with Gasteiger partial charge in [0.25, 0.3) is 0 Å². The van der Waals surface area contributed by atoms with Gasteiger partial charge in [-0.15, -0.1) is 0 Å². The summed E-state index contributed by atoms with van der Waals surface area (Å²) in [6.45, 7) is 13.2. The van der Waals surface area contributed by atoms with E-state index >= 15 is 0 Å². The van der Waals surface area contributed by atoms with Crippen LogP contribution in [0.3, 0.4) is 0 Å². The maximum Gasteiger partial charge on any atom is 0.166 e. The summed E-state index contributed by atoms with van der Waals surface area (Å²) in [5.74, 6) is 1.55. The Balaban J connectivity index is 2.00. The Labute approximate surface area is 208 Å². The average molecular weight is 482 g/mol. The van der Waals surface area contributed by atoms with E-state index < -0.39 is 5.82 Å². The molecule has 2 aromatic heterocycles. The number of fused-ring (bicyclic) bond motifs is 1. The van der Waals surface area contributed by atoms with E-state index in [0.29, 0.717) is 17.3 Å². The summed E-state index contributed by atoms with van der Waals surface area (Å²) in [4.78, 5) is 6.61. The molecule has 8 heteroatoms. The number of nitrogens with zero attached hydrogens (tertiary/aromatic N) is 4. The number of benzene rings is 1. The fourth-order valence-electron chi connectivity index (χ4n) is 4.44. The first kappa shape index (κ1) is 26.3. The number of anilines is 4. The smallest absolute Gasteiger partial charge is 0.166 e. The summed E-state index contributed by atoms with van der Waals surface area (Å²) >= 11 is 0. The molecule has 3 rings (SSSR count). The number of pyridine rings is 1. The second kappa shape index (κ2) is 11.4. The summed E-state index contributed by atoms with van der Waals surface area (Å²) < 4.78 is 17.0. The molecule has 0 saturated heterocycles. The Bertz CT molecular complexity index is 1160. The molecule has 1 unspecified atom stereocenters. The van der Waals surface area contributed by atoms with E-state index in [1.165, 1.54) is 6.07 Å². The Morgan fingerprint density at radius 2 is 1.89 bits per heavy atom. The van der Waals surface area contributed by atoms with E-state index in [2.05, 4.69) is 60.6 Å². The van der Waals surface area contributed by atoms with Crippen molar-refractivity contribution in [2.75, 3.05) is 29.6 Å². The number of hydrogen-bond acceptors (Lipinski definition) is 6. The van der Waals surface area contributed by atoms with E-state index in [-0.39, 0.29) is 17.6 Å². The average Bonchev–Trinajstić information content (AvgIpc) is 3.18. The number of nitrogens with two attached hydrogens (primary N) is 1. The fourth-order valence-corrected chi connectivity index (χ4v) is 4.44. The number of nitrogens with one attached hydrogen (secondary N) is 2. The van der Waals surface area contributed by atoms with Crippen LogP contribution in [0.25, 0.3) is 16.6 Å². The van der Waals surface area contributed by atoms with Gasteiger partial charge in [-0.25, -0.2) is 9.37 Å². The van der Waals surface area contributed by atoms with Crippen molar-refractivity contribution in [2.24, 2.45) is 11.7 Å². The molecule has 0 aliphatic heterocycles. The molecule has 3 aromatic rings. The lowest BCUT2D eigenvalue weighted by Gasteiger charge is -2.24. The molecule has 0 aliphatic carbocycles. The summed E-state index contributed by atoms with van der Waals surface area (Å²) in [5, 5.41) is 12.5. The van der Waals surface area contributed by atoms with Crippen molar-refractivity contribution in [3.8, 4) is 0 Å². The molecule has 2 heterocycles. The van der Waals surface area contributed by atoms with Gasteiger partial charge in [0.2, 0.25) is 0 Å². The molecule has 190 valence electrons. The van der Waals surface area contributed by atoms with Crippen molar-refractivity contribution in [1.82, 2.24) is 14.8 Å². The van der Waals surface area contributed by atoms with Crippen molar-refractivity contribution in [3.63, 3.8) is 0 Å². The number of halogens is 1. The van der Waals surface area contributed by atoms with Gasteiger partial charge in [-0.1, -0.05) is 46.6 Å². The lowest BCUT2D eigenvalue weighted by atomic mass is 9.95. The molecule has 0 aliphatic rings. The summed E-state index contributed by atoms with van der Waals surface area (Å²) in [6.07, 6.45) is 4.19. The van der Waals surface area contributed by atoms with Crippen LogP contribution >= 0.6 is 0 Å². The normalized spacial score (nSPS) is 12.2. The Hall–Kier alpha value is -3.29. The highest BCUT2D eigenvalue weighted by Gasteiger charge is 2.19. The summed E-state index contributed by atoms with van der Waals surface area (Å²) in [5.41, 5.74) is 8.58. The van der Waals surface area contributed by atoms with Crippen LogP contribution < -0.4 is 21.3 Å². The second-order valence-corrected chi connectivity index (χ2v) is 9.40. The van der Waals surface area contributed by atoms with E-state index in [4.69, 9.17) is 10.8 Å². The molecule has 7 nitrogen and oxygen atoms in total. The monoisotopic (exact) mass is 481 g/mol. The molecule has 1 atom stereocenters. The Morgan fingerprint density at radius 3 is 2.49 bits per heavy atom. The molecule has 0 amide bonds. The molecule has 1 aromatic carbocycles. The van der Waals surface area contributed by atoms with Gasteiger partial charge in [-0.2, -0.15) is 5.10 Å². The Morgan fingerprint density at radius 1 is 1.17 bits per heavy atom. The van der Waals surface area contributed by atoms with Crippen LogP contribution in [-0.2, 0) is 6.54 Å². The Kier molecular flexibility index (Phi) is 8.59. The molecule has 0 fully saturated rings. The molecule has 0 radical (unpaired) electrons. The highest BCUT2D eigenvalue weighted by Crippen LogP contribution is 2.32. The highest BCUT2D eigenvalue weighted by atomic mass is 19.1. The minimum Gasteiger partial charge on any atom is -0.399 e. The van der Waals surface area contributed by atoms with Crippen LogP contribution in [-0.4, -0.2) is 34.9 Å². The van der Waals surface area contributed by atoms with Crippen LogP contribution in [0.2, 0.25) is 0 Å². The third-order valence-electron chi connectivity index (χ3n) is 6.58. The van der Waals surface area contributed by atoms with E-state index in [9.17, 15) is 4.39 Å². The first-order chi connectivity index (χ1) is 16.7. The fraction of sp³-hybridized carbons (Fsp3) is 0.481. The topological polar surface area (TPSA) is 84.0 Å². The van der Waals surface area contributed by atoms with Gasteiger partial charge in [0.05, 0.1) is 5.52 Å². The van der Waals surface area contributed by atoms with Crippen LogP contribution in [0.4, 0.5) is 27.5 Å². The first-order valence-electron chi connectivity index (χ1n) is 12.6. The van der Waals surface area contributed by atoms with Crippen LogP contribution in [0.15, 0.2) is 30.8 Å². The predicted octanol–water partition coefficient (Wildman–Crippen LogP) is 6.35. The molecule has 35 heavy (non-hydrogen) atoms. The second-order valence-electron chi connectivity index (χ2n) is 9.40. The molecule has 0 spiro atoms. The van der Waals surface area contributed by atoms with Crippen molar-refractivity contribution in [3.05, 3.63) is 42.2 Å². The van der Waals surface area contributed by atoms with Crippen LogP contribution in [0.1, 0.15) is 58.9 Å². The van der Waals surface area contributed by atoms with Crippen LogP contribution in [0.5, 0.6) is 0 Å². The van der Waals surface area contributed by atoms with Gasteiger partial charge < -0.3 is 21.3 Å². The number of aryl methyl sites for hydroxylation is 1. The standard InChI is InChI=1S/C27H40FN7/c1-8-11-14-35-24-13-12-20(15-22(24)27(33-35)34(6)7)31-25-21(17(4)29)16-23(28)26(32-25)30-18(5)19(9-2)10-3/h12-13,15-16,18-19H,4,8-11,14,29H2,1-3,5-7H3,(H2,30,31,32). The zero-order valence-electron chi connectivity index (χ0n) is 22.0. The van der Waals surface area contributed by atoms with Gasteiger partial charge in [0.15, 0.2) is 17.5 Å². The maximum absolute atomic E-state index is 14.9. The third kappa shape index (κ3) is 5.86. The zero-order valence-corrected chi connectivity index (χ0v) is 22.0. The molecular weight excluding hydrogens is 441 g/mol. The summed E-state index contributed by atoms with van der Waals surface area (Å²) in [6, 6.07) is 7.57. The van der Waals surface area contributed by atoms with Crippen molar-refractivity contribution >= 4 is 39.7 Å². The molecular formula is C27H40FN7. The minimum absolute atomic E-state index is 0.0831. The quantitative estimate of drug-likeness (QED) is 0.280. The summed E-state index contributed by atoms with van der Waals surface area (Å²) in [7, 11) is 3.98. The lowest BCUT2D eigenvalue weighted by Crippen LogP contribution is -2.26. The third-order valence-corrected chi connectivity index (χ3v) is 6.58. The van der Waals surface area contributed by atoms with Gasteiger partial charge in [0, 0.05) is 49.0 Å². The van der Waals surface area contributed by atoms with Crippen LogP contribution in [0, 0.1) is 11.7 Å². The van der Waals surface area contributed by atoms with Crippen molar-refractivity contribution < 1.29 is 4.39 Å². The van der Waals surface area contributed by atoms with Gasteiger partial charge >= 0.3 is 0 Å². The molecule has 0 saturated carbocycles. The van der Waals surface area contributed by atoms with E-state index in [1.54, 1.807) is 0 Å². The molecule has 4 N–H and O–H groups in total. The van der Waals surface area contributed by atoms with Gasteiger partial charge in [-0.05, 0) is 43.5 Å². The maximum atomic E-state index is 14.9. The number of unbranched alkanes of at least 4 members (excludes halogenated alkanes) is 1. The van der Waals surface area contributed by atoms with Gasteiger partial charge in [0.1, 0.15) is 5.82 Å².